The maximum Gasteiger partial charge on any atom is 0.331 e. The molecule has 27 heavy (non-hydrogen) atoms. The normalized spacial score (nSPS) is 18.9. The van der Waals surface area contributed by atoms with E-state index in [9.17, 15) is 4.79 Å². The van der Waals surface area contributed by atoms with E-state index in [2.05, 4.69) is 0 Å². The molecule has 0 aliphatic carbocycles. The molecule has 0 spiro atoms. The first-order valence-electron chi connectivity index (χ1n) is 8.90. The Balaban J connectivity index is 1.89. The van der Waals surface area contributed by atoms with E-state index in [1.54, 1.807) is 5.01 Å². The summed E-state index contributed by atoms with van der Waals surface area (Å²) in [5, 5.41) is 6.67. The lowest BCUT2D eigenvalue weighted by Gasteiger charge is -2.26. The van der Waals surface area contributed by atoms with Crippen LogP contribution in [0.5, 0.6) is 0 Å². The molecule has 0 saturated heterocycles. The number of ether oxygens (including phenoxy) is 1. The molecule has 134 valence electrons. The molecule has 1 aliphatic heterocycles. The number of hydrazone groups is 1. The van der Waals surface area contributed by atoms with Crippen molar-refractivity contribution >= 4 is 17.4 Å². The highest BCUT2D eigenvalue weighted by Gasteiger charge is 2.44. The second kappa shape index (κ2) is 7.46. The fourth-order valence-electron chi connectivity index (χ4n) is 3.53. The zero-order valence-electron chi connectivity index (χ0n) is 15.0. The summed E-state index contributed by atoms with van der Waals surface area (Å²) in [7, 11) is 1.42. The summed E-state index contributed by atoms with van der Waals surface area (Å²) >= 11 is 0. The van der Waals surface area contributed by atoms with Gasteiger partial charge in [0.1, 0.15) is 0 Å². The Labute approximate surface area is 158 Å². The van der Waals surface area contributed by atoms with Gasteiger partial charge in [0.05, 0.1) is 24.4 Å². The molecule has 3 aromatic carbocycles. The van der Waals surface area contributed by atoms with E-state index in [4.69, 9.17) is 9.84 Å². The van der Waals surface area contributed by atoms with Crippen LogP contribution in [0.1, 0.15) is 17.0 Å². The van der Waals surface area contributed by atoms with Crippen molar-refractivity contribution in [2.75, 3.05) is 12.1 Å². The summed E-state index contributed by atoms with van der Waals surface area (Å²) in [6, 6.07) is 29.2. The molecule has 0 aromatic heterocycles. The van der Waals surface area contributed by atoms with Crippen molar-refractivity contribution < 1.29 is 9.53 Å². The first-order valence-corrected chi connectivity index (χ1v) is 8.90. The molecule has 4 nitrogen and oxygen atoms in total. The molecule has 1 heterocycles. The highest BCUT2D eigenvalue weighted by atomic mass is 16.5. The average Bonchev–Trinajstić information content (AvgIpc) is 3.16. The Morgan fingerprint density at radius 3 is 2.00 bits per heavy atom. The summed E-state index contributed by atoms with van der Waals surface area (Å²) in [6.45, 7) is 0. The van der Waals surface area contributed by atoms with Crippen LogP contribution in [0.25, 0.3) is 0 Å². The van der Waals surface area contributed by atoms with Crippen molar-refractivity contribution in [2.24, 2.45) is 5.10 Å². The molecule has 4 heteroatoms. The monoisotopic (exact) mass is 356 g/mol. The van der Waals surface area contributed by atoms with Gasteiger partial charge in [0.2, 0.25) is 0 Å². The Morgan fingerprint density at radius 2 is 1.41 bits per heavy atom. The lowest BCUT2D eigenvalue weighted by atomic mass is 9.85. The molecule has 0 fully saturated rings. The number of esters is 1. The van der Waals surface area contributed by atoms with E-state index >= 15 is 0 Å². The van der Waals surface area contributed by atoms with Crippen LogP contribution in [-0.4, -0.2) is 24.8 Å². The van der Waals surface area contributed by atoms with Gasteiger partial charge in [-0.2, -0.15) is 5.10 Å². The molecule has 1 aliphatic rings. The van der Waals surface area contributed by atoms with Crippen molar-refractivity contribution in [1.29, 1.82) is 0 Å². The van der Waals surface area contributed by atoms with E-state index in [0.717, 1.165) is 22.5 Å². The first kappa shape index (κ1) is 17.0. The molecule has 0 N–H and O–H groups in total. The zero-order chi connectivity index (χ0) is 18.6. The van der Waals surface area contributed by atoms with Gasteiger partial charge in [0, 0.05) is 0 Å². The van der Waals surface area contributed by atoms with Gasteiger partial charge in [0.25, 0.3) is 0 Å². The van der Waals surface area contributed by atoms with E-state index in [1.807, 2.05) is 91.0 Å². The maximum atomic E-state index is 12.8. The maximum absolute atomic E-state index is 12.8. The van der Waals surface area contributed by atoms with Crippen molar-refractivity contribution in [3.63, 3.8) is 0 Å². The predicted molar refractivity (Wildman–Crippen MR) is 107 cm³/mol. The van der Waals surface area contributed by atoms with Crippen LogP contribution in [0.3, 0.4) is 0 Å². The molecular formula is C23H20N2O2. The summed E-state index contributed by atoms with van der Waals surface area (Å²) in [4.78, 5) is 12.8. The van der Waals surface area contributed by atoms with Gasteiger partial charge in [-0.15, -0.1) is 0 Å². The van der Waals surface area contributed by atoms with Crippen LogP contribution < -0.4 is 5.01 Å². The van der Waals surface area contributed by atoms with E-state index in [1.165, 1.54) is 7.11 Å². The fourth-order valence-corrected chi connectivity index (χ4v) is 3.53. The van der Waals surface area contributed by atoms with Gasteiger partial charge in [-0.05, 0) is 23.3 Å². The van der Waals surface area contributed by atoms with Gasteiger partial charge in [-0.1, -0.05) is 78.9 Å². The van der Waals surface area contributed by atoms with Crippen LogP contribution in [0, 0.1) is 0 Å². The largest absolute Gasteiger partial charge is 0.467 e. The fraction of sp³-hybridized carbons (Fsp3) is 0.130. The van der Waals surface area contributed by atoms with Crippen molar-refractivity contribution in [3.05, 3.63) is 102 Å². The summed E-state index contributed by atoms with van der Waals surface area (Å²) in [6.07, 6.45) is 0. The van der Waals surface area contributed by atoms with E-state index in [-0.39, 0.29) is 11.9 Å². The number of carbonyl (C=O) groups is 1. The Morgan fingerprint density at radius 1 is 0.852 bits per heavy atom. The third-order valence-electron chi connectivity index (χ3n) is 4.78. The van der Waals surface area contributed by atoms with Crippen molar-refractivity contribution in [3.8, 4) is 0 Å². The lowest BCUT2D eigenvalue weighted by Crippen LogP contribution is -2.40. The van der Waals surface area contributed by atoms with Crippen molar-refractivity contribution in [1.82, 2.24) is 0 Å². The molecule has 0 bridgehead atoms. The third kappa shape index (κ3) is 3.22. The van der Waals surface area contributed by atoms with E-state index in [0.29, 0.717) is 0 Å². The highest BCUT2D eigenvalue weighted by Crippen LogP contribution is 2.37. The Kier molecular flexibility index (Phi) is 4.71. The standard InChI is InChI=1S/C23H20N2O2/c1-27-23(26)22-20(17-11-5-2-6-12-17)21(18-13-7-3-8-14-18)24-25(22)19-15-9-4-10-16-19/h2-16,20,22H,1H3/t20-,22+/m1/s1. The van der Waals surface area contributed by atoms with Crippen LogP contribution in [0.15, 0.2) is 96.1 Å². The highest BCUT2D eigenvalue weighted by molar-refractivity contribution is 6.11. The number of nitrogens with zero attached hydrogens (tertiary/aromatic N) is 2. The first-order chi connectivity index (χ1) is 13.3. The van der Waals surface area contributed by atoms with Crippen LogP contribution in [-0.2, 0) is 9.53 Å². The summed E-state index contributed by atoms with van der Waals surface area (Å²) in [5.74, 6) is -0.524. The summed E-state index contributed by atoms with van der Waals surface area (Å²) in [5.41, 5.74) is 3.76. The summed E-state index contributed by atoms with van der Waals surface area (Å²) < 4.78 is 5.17. The number of hydrogen-bond donors (Lipinski definition) is 0. The van der Waals surface area contributed by atoms with Gasteiger partial charge in [-0.25, -0.2) is 9.80 Å². The Bertz CT molecular complexity index is 940. The molecule has 0 unspecified atom stereocenters. The van der Waals surface area contributed by atoms with Crippen LogP contribution in [0.4, 0.5) is 5.69 Å². The number of methoxy groups -OCH3 is 1. The molecule has 0 saturated carbocycles. The number of rotatable bonds is 4. The Hall–Kier alpha value is -3.40. The lowest BCUT2D eigenvalue weighted by molar-refractivity contribution is -0.142. The third-order valence-corrected chi connectivity index (χ3v) is 4.78. The molecule has 4 rings (SSSR count). The average molecular weight is 356 g/mol. The number of benzene rings is 3. The minimum Gasteiger partial charge on any atom is -0.467 e. The van der Waals surface area contributed by atoms with Crippen LogP contribution in [0.2, 0.25) is 0 Å². The van der Waals surface area contributed by atoms with Gasteiger partial charge < -0.3 is 4.74 Å². The number of hydrogen-bond acceptors (Lipinski definition) is 4. The van der Waals surface area contributed by atoms with Gasteiger partial charge in [0.15, 0.2) is 6.04 Å². The molecule has 3 aromatic rings. The smallest absolute Gasteiger partial charge is 0.331 e. The SMILES string of the molecule is COC(=O)[C@@H]1[C@H](c2ccccc2)C(c2ccccc2)=NN1c1ccccc1. The quantitative estimate of drug-likeness (QED) is 0.657. The van der Waals surface area contributed by atoms with Crippen molar-refractivity contribution in [2.45, 2.75) is 12.0 Å². The van der Waals surface area contributed by atoms with Gasteiger partial charge in [-0.3, -0.25) is 0 Å². The number of carbonyl (C=O) groups excluding carboxylic acids is 1. The zero-order valence-corrected chi connectivity index (χ0v) is 15.0. The molecular weight excluding hydrogens is 336 g/mol. The topological polar surface area (TPSA) is 41.9 Å². The predicted octanol–water partition coefficient (Wildman–Crippen LogP) is 4.24. The number of para-hydroxylation sites is 1. The molecule has 0 radical (unpaired) electrons. The number of anilines is 1. The minimum atomic E-state index is -0.560. The second-order valence-corrected chi connectivity index (χ2v) is 6.39. The minimum absolute atomic E-state index is 0.221. The van der Waals surface area contributed by atoms with E-state index < -0.39 is 6.04 Å². The molecule has 2 atom stereocenters. The second-order valence-electron chi connectivity index (χ2n) is 6.39. The molecule has 0 amide bonds. The van der Waals surface area contributed by atoms with Gasteiger partial charge >= 0.3 is 5.97 Å². The van der Waals surface area contributed by atoms with Crippen LogP contribution >= 0.6 is 0 Å².